The highest BCUT2D eigenvalue weighted by atomic mass is 16.6. The first-order valence-electron chi connectivity index (χ1n) is 5.41. The number of para-hydroxylation sites is 2. The molecule has 2 rings (SSSR count). The molecule has 0 aliphatic carbocycles. The molecule has 1 aromatic carbocycles. The first kappa shape index (κ1) is 10.2. The first-order valence-corrected chi connectivity index (χ1v) is 5.41. The van der Waals surface area contributed by atoms with Crippen molar-refractivity contribution in [3.63, 3.8) is 0 Å². The fourth-order valence-corrected chi connectivity index (χ4v) is 1.59. The third-order valence-corrected chi connectivity index (χ3v) is 2.50. The summed E-state index contributed by atoms with van der Waals surface area (Å²) in [6, 6.07) is 7.73. The second kappa shape index (κ2) is 4.43. The summed E-state index contributed by atoms with van der Waals surface area (Å²) in [4.78, 5) is 0. The Labute approximate surface area is 91.0 Å². The Balaban J connectivity index is 1.98. The van der Waals surface area contributed by atoms with E-state index in [4.69, 9.17) is 9.31 Å². The van der Waals surface area contributed by atoms with Crippen LogP contribution in [0.5, 0.6) is 11.5 Å². The average Bonchev–Trinajstić information content (AvgIpc) is 2.69. The number of hydrogen-bond donors (Lipinski definition) is 0. The van der Waals surface area contributed by atoms with Gasteiger partial charge in [0.1, 0.15) is 11.5 Å². The molecule has 0 fully saturated rings. The monoisotopic (exact) mass is 202 g/mol. The van der Waals surface area contributed by atoms with Crippen LogP contribution in [0.15, 0.2) is 36.3 Å². The van der Waals surface area contributed by atoms with E-state index in [1.807, 2.05) is 24.3 Å². The fraction of sp³-hybridized carbons (Fsp3) is 0.333. The highest BCUT2D eigenvalue weighted by molar-refractivity contribution is 6.56. The van der Waals surface area contributed by atoms with E-state index < -0.39 is 0 Å². The maximum absolute atomic E-state index is 5.64. The lowest BCUT2D eigenvalue weighted by molar-refractivity contribution is 0.507. The lowest BCUT2D eigenvalue weighted by atomic mass is 9.77. The number of allylic oxidation sites excluding steroid dienone is 1. The molecular formula is C12H15BO2. The van der Waals surface area contributed by atoms with Crippen molar-refractivity contribution in [2.45, 2.75) is 26.2 Å². The second-order valence-electron chi connectivity index (χ2n) is 3.78. The molecule has 15 heavy (non-hydrogen) atoms. The number of unbranched alkanes of at least 4 members (excludes halogenated alkanes) is 1. The standard InChI is InChI=1S/C12H15BO2/c1-3-4-7-10(2)13-14-11-8-5-6-9-12(11)15-13/h5-6,8-9H,2-4,7H2,1H3. The van der Waals surface area contributed by atoms with Crippen LogP contribution in [0.2, 0.25) is 0 Å². The molecule has 0 saturated carbocycles. The molecular weight excluding hydrogens is 187 g/mol. The molecule has 1 aliphatic heterocycles. The third kappa shape index (κ3) is 2.17. The quantitative estimate of drug-likeness (QED) is 0.697. The molecule has 3 heteroatoms. The SMILES string of the molecule is C=C(CCCC)B1Oc2ccccc2O1. The summed E-state index contributed by atoms with van der Waals surface area (Å²) in [6.45, 7) is 6.17. The summed E-state index contributed by atoms with van der Waals surface area (Å²) >= 11 is 0. The first-order chi connectivity index (χ1) is 7.31. The number of rotatable bonds is 4. The molecule has 1 heterocycles. The number of hydrogen-bond acceptors (Lipinski definition) is 2. The highest BCUT2D eigenvalue weighted by Crippen LogP contribution is 2.34. The Morgan fingerprint density at radius 3 is 2.40 bits per heavy atom. The van der Waals surface area contributed by atoms with E-state index in [1.165, 1.54) is 6.42 Å². The van der Waals surface area contributed by atoms with Gasteiger partial charge in [-0.15, -0.1) is 6.58 Å². The molecule has 2 nitrogen and oxygen atoms in total. The Morgan fingerprint density at radius 1 is 1.27 bits per heavy atom. The van der Waals surface area contributed by atoms with Gasteiger partial charge in [0.05, 0.1) is 0 Å². The molecule has 0 spiro atoms. The van der Waals surface area contributed by atoms with Crippen molar-refractivity contribution >= 4 is 7.12 Å². The third-order valence-electron chi connectivity index (χ3n) is 2.50. The Hall–Kier alpha value is -1.38. The maximum atomic E-state index is 5.64. The van der Waals surface area contributed by atoms with Crippen LogP contribution in [-0.4, -0.2) is 7.12 Å². The number of fused-ring (bicyclic) bond motifs is 1. The molecule has 0 aromatic heterocycles. The van der Waals surface area contributed by atoms with Crippen LogP contribution < -0.4 is 9.31 Å². The van der Waals surface area contributed by atoms with E-state index in [-0.39, 0.29) is 7.12 Å². The van der Waals surface area contributed by atoms with Gasteiger partial charge in [-0.25, -0.2) is 0 Å². The van der Waals surface area contributed by atoms with Crippen LogP contribution in [0.4, 0.5) is 0 Å². The molecule has 78 valence electrons. The van der Waals surface area contributed by atoms with Crippen molar-refractivity contribution in [2.24, 2.45) is 0 Å². The van der Waals surface area contributed by atoms with Gasteiger partial charge in [0.2, 0.25) is 0 Å². The van der Waals surface area contributed by atoms with Crippen molar-refractivity contribution < 1.29 is 9.31 Å². The predicted molar refractivity (Wildman–Crippen MR) is 62.1 cm³/mol. The topological polar surface area (TPSA) is 18.5 Å². The summed E-state index contributed by atoms with van der Waals surface area (Å²) < 4.78 is 11.3. The minimum atomic E-state index is -0.283. The largest absolute Gasteiger partial charge is 0.627 e. The molecule has 0 amide bonds. The molecule has 0 unspecified atom stereocenters. The second-order valence-corrected chi connectivity index (χ2v) is 3.78. The van der Waals surface area contributed by atoms with Crippen molar-refractivity contribution in [3.05, 3.63) is 36.3 Å². The summed E-state index contributed by atoms with van der Waals surface area (Å²) in [5.74, 6) is 1.64. The van der Waals surface area contributed by atoms with Gasteiger partial charge in [0.25, 0.3) is 0 Å². The van der Waals surface area contributed by atoms with E-state index in [0.717, 1.165) is 29.8 Å². The normalized spacial score (nSPS) is 13.0. The number of benzene rings is 1. The van der Waals surface area contributed by atoms with Gasteiger partial charge < -0.3 is 9.31 Å². The molecule has 0 radical (unpaired) electrons. The van der Waals surface area contributed by atoms with Gasteiger partial charge >= 0.3 is 7.12 Å². The van der Waals surface area contributed by atoms with Gasteiger partial charge in [-0.3, -0.25) is 0 Å². The van der Waals surface area contributed by atoms with E-state index in [2.05, 4.69) is 13.5 Å². The zero-order valence-electron chi connectivity index (χ0n) is 9.03. The van der Waals surface area contributed by atoms with Gasteiger partial charge in [-0.1, -0.05) is 31.9 Å². The van der Waals surface area contributed by atoms with Crippen molar-refractivity contribution in [3.8, 4) is 11.5 Å². The summed E-state index contributed by atoms with van der Waals surface area (Å²) in [5.41, 5.74) is 1.02. The summed E-state index contributed by atoms with van der Waals surface area (Å²) in [5, 5.41) is 0. The van der Waals surface area contributed by atoms with E-state index in [9.17, 15) is 0 Å². The van der Waals surface area contributed by atoms with E-state index >= 15 is 0 Å². The lowest BCUT2D eigenvalue weighted by Gasteiger charge is -2.06. The van der Waals surface area contributed by atoms with Crippen LogP contribution in [0, 0.1) is 0 Å². The molecule has 0 bridgehead atoms. The molecule has 0 atom stereocenters. The Kier molecular flexibility index (Phi) is 3.00. The lowest BCUT2D eigenvalue weighted by Crippen LogP contribution is -2.27. The zero-order chi connectivity index (χ0) is 10.7. The molecule has 0 N–H and O–H groups in total. The summed E-state index contributed by atoms with van der Waals surface area (Å²) in [7, 11) is -0.283. The molecule has 0 saturated heterocycles. The van der Waals surface area contributed by atoms with Crippen LogP contribution in [0.25, 0.3) is 0 Å². The van der Waals surface area contributed by atoms with Crippen molar-refractivity contribution in [2.75, 3.05) is 0 Å². The highest BCUT2D eigenvalue weighted by Gasteiger charge is 2.33. The Morgan fingerprint density at radius 2 is 1.87 bits per heavy atom. The van der Waals surface area contributed by atoms with Crippen LogP contribution in [-0.2, 0) is 0 Å². The predicted octanol–water partition coefficient (Wildman–Crippen LogP) is 3.23. The van der Waals surface area contributed by atoms with E-state index in [0.29, 0.717) is 0 Å². The Bertz CT molecular complexity index is 337. The van der Waals surface area contributed by atoms with Gasteiger partial charge in [0.15, 0.2) is 0 Å². The van der Waals surface area contributed by atoms with Gasteiger partial charge in [-0.05, 0) is 24.0 Å². The maximum Gasteiger partial charge on any atom is 0.627 e. The van der Waals surface area contributed by atoms with Crippen LogP contribution >= 0.6 is 0 Å². The minimum Gasteiger partial charge on any atom is -0.519 e. The van der Waals surface area contributed by atoms with Crippen molar-refractivity contribution in [1.29, 1.82) is 0 Å². The molecule has 1 aromatic rings. The van der Waals surface area contributed by atoms with Crippen molar-refractivity contribution in [1.82, 2.24) is 0 Å². The van der Waals surface area contributed by atoms with Gasteiger partial charge in [0, 0.05) is 0 Å². The summed E-state index contributed by atoms with van der Waals surface area (Å²) in [6.07, 6.45) is 3.27. The minimum absolute atomic E-state index is 0.283. The molecule has 1 aliphatic rings. The average molecular weight is 202 g/mol. The van der Waals surface area contributed by atoms with Gasteiger partial charge in [-0.2, -0.15) is 0 Å². The van der Waals surface area contributed by atoms with E-state index in [1.54, 1.807) is 0 Å². The smallest absolute Gasteiger partial charge is 0.519 e. The zero-order valence-corrected chi connectivity index (χ0v) is 9.03. The van der Waals surface area contributed by atoms with Crippen LogP contribution in [0.1, 0.15) is 26.2 Å². The van der Waals surface area contributed by atoms with Crippen LogP contribution in [0.3, 0.4) is 0 Å². The fourth-order valence-electron chi connectivity index (χ4n) is 1.59.